The highest BCUT2D eigenvalue weighted by atomic mass is 79.9. The Morgan fingerprint density at radius 1 is 1.20 bits per heavy atom. The highest BCUT2D eigenvalue weighted by Gasteiger charge is 2.15. The van der Waals surface area contributed by atoms with Crippen LogP contribution in [0.15, 0.2) is 40.9 Å². The smallest absolute Gasteiger partial charge is 0.339 e. The third-order valence-corrected chi connectivity index (χ3v) is 4.42. The second-order valence-electron chi connectivity index (χ2n) is 5.43. The zero-order valence-corrected chi connectivity index (χ0v) is 16.0. The average molecular weight is 406 g/mol. The molecule has 0 saturated heterocycles. The van der Waals surface area contributed by atoms with Gasteiger partial charge in [-0.25, -0.2) is 4.79 Å². The number of carbonyl (C=O) groups is 2. The Morgan fingerprint density at radius 2 is 1.96 bits per heavy atom. The van der Waals surface area contributed by atoms with Crippen LogP contribution in [0.1, 0.15) is 28.4 Å². The summed E-state index contributed by atoms with van der Waals surface area (Å²) in [4.78, 5) is 24.3. The van der Waals surface area contributed by atoms with Gasteiger partial charge in [0.2, 0.25) is 0 Å². The van der Waals surface area contributed by atoms with Crippen molar-refractivity contribution in [3.05, 3.63) is 57.6 Å². The molecule has 0 radical (unpaired) electrons. The minimum atomic E-state index is -0.596. The van der Waals surface area contributed by atoms with E-state index in [2.05, 4.69) is 21.2 Å². The number of aryl methyl sites for hydroxylation is 2. The molecule has 2 rings (SSSR count). The molecule has 0 aliphatic carbocycles. The molecule has 0 aliphatic heterocycles. The lowest BCUT2D eigenvalue weighted by molar-refractivity contribution is -0.119. The zero-order chi connectivity index (χ0) is 18.4. The molecule has 132 valence electrons. The number of methoxy groups -OCH3 is 1. The van der Waals surface area contributed by atoms with E-state index >= 15 is 0 Å². The fourth-order valence-electron chi connectivity index (χ4n) is 2.37. The number of nitrogens with one attached hydrogen (secondary N) is 1. The molecule has 0 atom stereocenters. The number of hydrogen-bond donors (Lipinski definition) is 1. The van der Waals surface area contributed by atoms with Crippen LogP contribution in [0.3, 0.4) is 0 Å². The Morgan fingerprint density at radius 3 is 2.64 bits per heavy atom. The number of carbonyl (C=O) groups excluding carboxylic acids is 2. The summed E-state index contributed by atoms with van der Waals surface area (Å²) in [5.74, 6) is -0.440. The lowest BCUT2D eigenvalue weighted by Gasteiger charge is -2.13. The van der Waals surface area contributed by atoms with Crippen LogP contribution in [0, 0.1) is 6.92 Å². The van der Waals surface area contributed by atoms with Gasteiger partial charge in [0, 0.05) is 10.2 Å². The molecular formula is C19H20BrNO4. The van der Waals surface area contributed by atoms with Gasteiger partial charge in [-0.1, -0.05) is 25.1 Å². The van der Waals surface area contributed by atoms with Crippen LogP contribution in [0.25, 0.3) is 0 Å². The normalized spacial score (nSPS) is 10.2. The molecule has 0 spiro atoms. The van der Waals surface area contributed by atoms with Crippen molar-refractivity contribution >= 4 is 33.5 Å². The highest BCUT2D eigenvalue weighted by Crippen LogP contribution is 2.23. The fraction of sp³-hybridized carbons (Fsp3) is 0.263. The highest BCUT2D eigenvalue weighted by molar-refractivity contribution is 9.10. The summed E-state index contributed by atoms with van der Waals surface area (Å²) >= 11 is 3.29. The molecule has 0 fully saturated rings. The first kappa shape index (κ1) is 19.0. The molecule has 1 N–H and O–H groups in total. The second-order valence-corrected chi connectivity index (χ2v) is 6.29. The van der Waals surface area contributed by atoms with Gasteiger partial charge in [-0.05, 0) is 58.6 Å². The molecule has 0 bridgehead atoms. The minimum Gasteiger partial charge on any atom is -0.497 e. The molecule has 6 heteroatoms. The van der Waals surface area contributed by atoms with Gasteiger partial charge in [0.25, 0.3) is 5.91 Å². The van der Waals surface area contributed by atoms with Gasteiger partial charge in [0.05, 0.1) is 12.7 Å². The van der Waals surface area contributed by atoms with Gasteiger partial charge >= 0.3 is 5.97 Å². The van der Waals surface area contributed by atoms with Crippen molar-refractivity contribution in [3.63, 3.8) is 0 Å². The van der Waals surface area contributed by atoms with E-state index < -0.39 is 5.97 Å². The molecule has 0 unspecified atom stereocenters. The zero-order valence-electron chi connectivity index (χ0n) is 14.4. The number of esters is 1. The number of ether oxygens (including phenoxy) is 2. The number of amides is 1. The van der Waals surface area contributed by atoms with Crippen LogP contribution in [0.5, 0.6) is 5.75 Å². The van der Waals surface area contributed by atoms with E-state index in [1.54, 1.807) is 18.2 Å². The SMILES string of the molecule is CCc1cccc(C)c1NC(=O)COC(=O)c1cc(OC)ccc1Br. The van der Waals surface area contributed by atoms with Gasteiger partial charge in [0.15, 0.2) is 6.61 Å². The first-order valence-corrected chi connectivity index (χ1v) is 8.64. The van der Waals surface area contributed by atoms with Crippen LogP contribution in [-0.4, -0.2) is 25.6 Å². The van der Waals surface area contributed by atoms with Crippen molar-refractivity contribution in [1.82, 2.24) is 0 Å². The predicted molar refractivity (Wildman–Crippen MR) is 100 cm³/mol. The standard InChI is InChI=1S/C19H20BrNO4/c1-4-13-7-5-6-12(2)18(13)21-17(22)11-25-19(23)15-10-14(24-3)8-9-16(15)20/h5-10H,4,11H2,1-3H3,(H,21,22). The van der Waals surface area contributed by atoms with Crippen LogP contribution in [0.2, 0.25) is 0 Å². The molecule has 0 heterocycles. The number of rotatable bonds is 6. The third-order valence-electron chi connectivity index (χ3n) is 3.73. The lowest BCUT2D eigenvalue weighted by atomic mass is 10.1. The predicted octanol–water partition coefficient (Wildman–Crippen LogP) is 4.12. The lowest BCUT2D eigenvalue weighted by Crippen LogP contribution is -2.22. The van der Waals surface area contributed by atoms with Crippen LogP contribution in [0.4, 0.5) is 5.69 Å². The quantitative estimate of drug-likeness (QED) is 0.733. The van der Waals surface area contributed by atoms with Crippen LogP contribution >= 0.6 is 15.9 Å². The van der Waals surface area contributed by atoms with E-state index in [0.717, 1.165) is 23.2 Å². The summed E-state index contributed by atoms with van der Waals surface area (Å²) in [6.07, 6.45) is 0.799. The third kappa shape index (κ3) is 4.82. The Balaban J connectivity index is 2.02. The summed E-state index contributed by atoms with van der Waals surface area (Å²) in [5.41, 5.74) is 3.08. The molecule has 0 aliphatic rings. The van der Waals surface area contributed by atoms with E-state index in [9.17, 15) is 9.59 Å². The maximum absolute atomic E-state index is 12.2. The number of para-hydroxylation sites is 1. The maximum atomic E-state index is 12.2. The van der Waals surface area contributed by atoms with Gasteiger partial charge in [-0.3, -0.25) is 4.79 Å². The fourth-order valence-corrected chi connectivity index (χ4v) is 2.78. The van der Waals surface area contributed by atoms with E-state index in [-0.39, 0.29) is 12.5 Å². The first-order chi connectivity index (χ1) is 12.0. The van der Waals surface area contributed by atoms with Crippen molar-refractivity contribution < 1.29 is 19.1 Å². The van der Waals surface area contributed by atoms with Gasteiger partial charge < -0.3 is 14.8 Å². The monoisotopic (exact) mass is 405 g/mol. The molecule has 2 aromatic carbocycles. The average Bonchev–Trinajstić information content (AvgIpc) is 2.61. The second kappa shape index (κ2) is 8.67. The Labute approximate surface area is 155 Å². The number of halogens is 1. The molecule has 0 aromatic heterocycles. The van der Waals surface area contributed by atoms with E-state index in [1.807, 2.05) is 32.0 Å². The summed E-state index contributed by atoms with van der Waals surface area (Å²) in [5, 5.41) is 2.82. The minimum absolute atomic E-state index is 0.303. The van der Waals surface area contributed by atoms with Crippen LogP contribution in [-0.2, 0) is 16.0 Å². The molecule has 25 heavy (non-hydrogen) atoms. The van der Waals surface area contributed by atoms with E-state index in [1.165, 1.54) is 7.11 Å². The van der Waals surface area contributed by atoms with Crippen molar-refractivity contribution in [2.24, 2.45) is 0 Å². The van der Waals surface area contributed by atoms with Gasteiger partial charge in [-0.2, -0.15) is 0 Å². The number of hydrogen-bond acceptors (Lipinski definition) is 4. The van der Waals surface area contributed by atoms with Crippen LogP contribution < -0.4 is 10.1 Å². The van der Waals surface area contributed by atoms with Gasteiger partial charge in [-0.15, -0.1) is 0 Å². The van der Waals surface area contributed by atoms with E-state index in [4.69, 9.17) is 9.47 Å². The number of benzene rings is 2. The Kier molecular flexibility index (Phi) is 6.58. The maximum Gasteiger partial charge on any atom is 0.339 e. The Bertz CT molecular complexity index is 789. The molecule has 5 nitrogen and oxygen atoms in total. The topological polar surface area (TPSA) is 64.6 Å². The van der Waals surface area contributed by atoms with Crippen molar-refractivity contribution in [1.29, 1.82) is 0 Å². The Hall–Kier alpha value is -2.34. The van der Waals surface area contributed by atoms with Gasteiger partial charge in [0.1, 0.15) is 5.75 Å². The van der Waals surface area contributed by atoms with E-state index in [0.29, 0.717) is 15.8 Å². The summed E-state index contributed by atoms with van der Waals surface area (Å²) in [6, 6.07) is 10.8. The molecule has 1 amide bonds. The molecule has 0 saturated carbocycles. The largest absolute Gasteiger partial charge is 0.497 e. The summed E-state index contributed by atoms with van der Waals surface area (Å²) in [6.45, 7) is 3.58. The van der Waals surface area contributed by atoms with Crippen molar-refractivity contribution in [2.75, 3.05) is 19.0 Å². The van der Waals surface area contributed by atoms with Crippen molar-refractivity contribution in [2.45, 2.75) is 20.3 Å². The summed E-state index contributed by atoms with van der Waals surface area (Å²) < 4.78 is 10.8. The van der Waals surface area contributed by atoms with Crippen molar-refractivity contribution in [3.8, 4) is 5.75 Å². The first-order valence-electron chi connectivity index (χ1n) is 7.85. The summed E-state index contributed by atoms with van der Waals surface area (Å²) in [7, 11) is 1.51. The molecule has 2 aromatic rings. The number of anilines is 1. The molecular weight excluding hydrogens is 386 g/mol.